The van der Waals surface area contributed by atoms with Crippen molar-refractivity contribution in [3.8, 4) is 0 Å². The lowest BCUT2D eigenvalue weighted by atomic mass is 10.0. The first-order valence-corrected chi connectivity index (χ1v) is 7.55. The molecule has 0 amide bonds. The van der Waals surface area contributed by atoms with Crippen LogP contribution in [0.4, 0.5) is 0 Å². The summed E-state index contributed by atoms with van der Waals surface area (Å²) in [5.41, 5.74) is 1.97. The molecule has 1 saturated heterocycles. The van der Waals surface area contributed by atoms with Gasteiger partial charge in [0.15, 0.2) is 5.78 Å². The van der Waals surface area contributed by atoms with Crippen LogP contribution in [0.15, 0.2) is 24.3 Å². The Morgan fingerprint density at radius 1 is 1.35 bits per heavy atom. The van der Waals surface area contributed by atoms with Crippen molar-refractivity contribution in [3.63, 3.8) is 0 Å². The van der Waals surface area contributed by atoms with E-state index in [1.807, 2.05) is 31.2 Å². The van der Waals surface area contributed by atoms with Gasteiger partial charge in [0.1, 0.15) is 0 Å². The molecule has 1 aliphatic rings. The van der Waals surface area contributed by atoms with E-state index in [0.717, 1.165) is 30.8 Å². The van der Waals surface area contributed by atoms with Crippen molar-refractivity contribution in [2.24, 2.45) is 0 Å². The lowest BCUT2D eigenvalue weighted by molar-refractivity contribution is 0.0956. The van der Waals surface area contributed by atoms with Crippen molar-refractivity contribution < 1.29 is 4.79 Å². The minimum absolute atomic E-state index is 0.276. The van der Waals surface area contributed by atoms with Crippen molar-refractivity contribution in [3.05, 3.63) is 35.4 Å². The van der Waals surface area contributed by atoms with E-state index in [9.17, 15) is 4.79 Å². The second kappa shape index (κ2) is 7.00. The number of ketones is 1. The number of carbonyl (C=O) groups is 1. The number of carbonyl (C=O) groups excluding carboxylic acids is 1. The predicted molar refractivity (Wildman–Crippen MR) is 83.3 cm³/mol. The number of Topliss-reactive ketones (excluding diaryl/α,β-unsaturated/α-hetero) is 1. The molecular weight excluding hydrogens is 248 g/mol. The first kappa shape index (κ1) is 15.2. The Morgan fingerprint density at radius 2 is 2.10 bits per heavy atom. The Labute approximate surface area is 122 Å². The molecule has 0 saturated carbocycles. The molecule has 1 fully saturated rings. The number of likely N-dealkylation sites (N-methyl/N-ethyl adjacent to an activating group) is 1. The molecule has 0 bridgehead atoms. The van der Waals surface area contributed by atoms with Gasteiger partial charge in [-0.15, -0.1) is 0 Å². The zero-order valence-electron chi connectivity index (χ0n) is 12.9. The highest BCUT2D eigenvalue weighted by Gasteiger charge is 2.25. The topological polar surface area (TPSA) is 23.6 Å². The molecule has 2 rings (SSSR count). The molecule has 1 aromatic rings. The van der Waals surface area contributed by atoms with Crippen LogP contribution < -0.4 is 0 Å². The summed E-state index contributed by atoms with van der Waals surface area (Å²) >= 11 is 0. The molecule has 1 aliphatic heterocycles. The number of nitrogens with zero attached hydrogens (tertiary/aromatic N) is 2. The Hall–Kier alpha value is -1.19. The van der Waals surface area contributed by atoms with Gasteiger partial charge < -0.3 is 4.90 Å². The molecule has 1 aromatic carbocycles. The highest BCUT2D eigenvalue weighted by molar-refractivity contribution is 5.97. The van der Waals surface area contributed by atoms with Gasteiger partial charge in [-0.2, -0.15) is 0 Å². The van der Waals surface area contributed by atoms with Gasteiger partial charge in [0.2, 0.25) is 0 Å². The number of aryl methyl sites for hydroxylation is 1. The van der Waals surface area contributed by atoms with E-state index in [-0.39, 0.29) is 5.78 Å². The smallest absolute Gasteiger partial charge is 0.164 e. The summed E-state index contributed by atoms with van der Waals surface area (Å²) in [5.74, 6) is 0.276. The second-order valence-electron chi connectivity index (χ2n) is 6.08. The van der Waals surface area contributed by atoms with Crippen LogP contribution in [0.2, 0.25) is 0 Å². The van der Waals surface area contributed by atoms with E-state index in [1.54, 1.807) is 0 Å². The molecule has 0 spiro atoms. The summed E-state index contributed by atoms with van der Waals surface area (Å²) < 4.78 is 0. The Bertz CT molecular complexity index is 456. The van der Waals surface area contributed by atoms with Gasteiger partial charge in [0.25, 0.3) is 0 Å². The second-order valence-corrected chi connectivity index (χ2v) is 6.08. The first-order chi connectivity index (χ1) is 9.58. The third-order valence-corrected chi connectivity index (χ3v) is 4.15. The normalized spacial score (nSPS) is 19.7. The average molecular weight is 274 g/mol. The Balaban J connectivity index is 1.88. The highest BCUT2D eigenvalue weighted by Crippen LogP contribution is 2.19. The van der Waals surface area contributed by atoms with E-state index in [0.29, 0.717) is 12.5 Å². The molecule has 20 heavy (non-hydrogen) atoms. The summed E-state index contributed by atoms with van der Waals surface area (Å²) in [4.78, 5) is 17.0. The fourth-order valence-electron chi connectivity index (χ4n) is 3.08. The third kappa shape index (κ3) is 3.90. The van der Waals surface area contributed by atoms with Crippen LogP contribution in [0.1, 0.15) is 35.2 Å². The number of rotatable bonds is 6. The van der Waals surface area contributed by atoms with E-state index in [4.69, 9.17) is 0 Å². The largest absolute Gasteiger partial charge is 0.308 e. The van der Waals surface area contributed by atoms with Gasteiger partial charge in [-0.1, -0.05) is 24.3 Å². The van der Waals surface area contributed by atoms with E-state index < -0.39 is 0 Å². The zero-order chi connectivity index (χ0) is 14.5. The average Bonchev–Trinajstić information content (AvgIpc) is 2.83. The zero-order valence-corrected chi connectivity index (χ0v) is 12.9. The van der Waals surface area contributed by atoms with Crippen LogP contribution >= 0.6 is 0 Å². The monoisotopic (exact) mass is 274 g/mol. The summed E-state index contributed by atoms with van der Waals surface area (Å²) in [6, 6.07) is 8.51. The number of likely N-dealkylation sites (tertiary alicyclic amines) is 1. The van der Waals surface area contributed by atoms with Gasteiger partial charge in [0, 0.05) is 31.1 Å². The van der Waals surface area contributed by atoms with Crippen molar-refractivity contribution in [1.82, 2.24) is 9.80 Å². The van der Waals surface area contributed by atoms with Gasteiger partial charge in [-0.25, -0.2) is 0 Å². The van der Waals surface area contributed by atoms with Crippen molar-refractivity contribution in [1.29, 1.82) is 0 Å². The maximum absolute atomic E-state index is 12.3. The van der Waals surface area contributed by atoms with E-state index in [2.05, 4.69) is 23.9 Å². The van der Waals surface area contributed by atoms with Crippen LogP contribution in [-0.4, -0.2) is 55.4 Å². The van der Waals surface area contributed by atoms with Crippen LogP contribution in [0.3, 0.4) is 0 Å². The first-order valence-electron chi connectivity index (χ1n) is 7.55. The minimum atomic E-state index is 0.276. The fraction of sp³-hybridized carbons (Fsp3) is 0.588. The van der Waals surface area contributed by atoms with Gasteiger partial charge in [-0.05, 0) is 46.0 Å². The van der Waals surface area contributed by atoms with Crippen LogP contribution in [0, 0.1) is 6.92 Å². The van der Waals surface area contributed by atoms with Crippen LogP contribution in [0.5, 0.6) is 0 Å². The van der Waals surface area contributed by atoms with Gasteiger partial charge in [0.05, 0.1) is 0 Å². The summed E-state index contributed by atoms with van der Waals surface area (Å²) in [6.07, 6.45) is 3.16. The van der Waals surface area contributed by atoms with Crippen LogP contribution in [-0.2, 0) is 0 Å². The van der Waals surface area contributed by atoms with E-state index in [1.165, 1.54) is 12.8 Å². The maximum atomic E-state index is 12.3. The maximum Gasteiger partial charge on any atom is 0.164 e. The Kier molecular flexibility index (Phi) is 5.32. The number of hydrogen-bond donors (Lipinski definition) is 0. The molecule has 110 valence electrons. The predicted octanol–water partition coefficient (Wildman–Crippen LogP) is 2.59. The minimum Gasteiger partial charge on any atom is -0.308 e. The molecule has 0 aromatic heterocycles. The molecule has 1 unspecified atom stereocenters. The lowest BCUT2D eigenvalue weighted by Crippen LogP contribution is -2.38. The Morgan fingerprint density at radius 3 is 2.80 bits per heavy atom. The third-order valence-electron chi connectivity index (χ3n) is 4.15. The quantitative estimate of drug-likeness (QED) is 0.745. The SMILES string of the molecule is Cc1ccccc1C(=O)CCN1CCCC1CN(C)C. The van der Waals surface area contributed by atoms with E-state index >= 15 is 0 Å². The molecule has 0 aliphatic carbocycles. The van der Waals surface area contributed by atoms with Crippen molar-refractivity contribution >= 4 is 5.78 Å². The number of hydrogen-bond acceptors (Lipinski definition) is 3. The number of benzene rings is 1. The van der Waals surface area contributed by atoms with Crippen LogP contribution in [0.25, 0.3) is 0 Å². The summed E-state index contributed by atoms with van der Waals surface area (Å²) in [5, 5.41) is 0. The molecule has 3 heteroatoms. The fourth-order valence-corrected chi connectivity index (χ4v) is 3.08. The molecule has 1 atom stereocenters. The van der Waals surface area contributed by atoms with Crippen molar-refractivity contribution in [2.45, 2.75) is 32.2 Å². The van der Waals surface area contributed by atoms with Gasteiger partial charge in [-0.3, -0.25) is 9.69 Å². The van der Waals surface area contributed by atoms with Gasteiger partial charge >= 0.3 is 0 Å². The molecule has 0 N–H and O–H groups in total. The molecule has 1 heterocycles. The molecule has 0 radical (unpaired) electrons. The molecule has 3 nitrogen and oxygen atoms in total. The highest BCUT2D eigenvalue weighted by atomic mass is 16.1. The summed E-state index contributed by atoms with van der Waals surface area (Å²) in [6.45, 7) is 5.14. The summed E-state index contributed by atoms with van der Waals surface area (Å²) in [7, 11) is 4.24. The standard InChI is InChI=1S/C17H26N2O/c1-14-7-4-5-9-16(14)17(20)10-12-19-11-6-8-15(19)13-18(2)3/h4-5,7,9,15H,6,8,10-13H2,1-3H3. The molecular formula is C17H26N2O. The van der Waals surface area contributed by atoms with Crippen molar-refractivity contribution in [2.75, 3.05) is 33.7 Å². The lowest BCUT2D eigenvalue weighted by Gasteiger charge is -2.26.